The van der Waals surface area contributed by atoms with Crippen molar-refractivity contribution in [2.75, 3.05) is 5.32 Å². The Labute approximate surface area is 97.1 Å². The van der Waals surface area contributed by atoms with Crippen LogP contribution in [0.5, 0.6) is 5.75 Å². The average Bonchev–Trinajstić information content (AvgIpc) is 3.00. The zero-order chi connectivity index (χ0) is 12.6. The number of carbonyl (C=O) groups excluding carboxylic acids is 1. The number of phenolic OH excluding ortho intramolecular Hbond substituents is 1. The van der Waals surface area contributed by atoms with Crippen molar-refractivity contribution in [3.05, 3.63) is 23.8 Å². The number of amides is 1. The highest BCUT2D eigenvalue weighted by atomic mass is 16.4. The first-order valence-electron chi connectivity index (χ1n) is 5.09. The van der Waals surface area contributed by atoms with Crippen LogP contribution < -0.4 is 11.1 Å². The van der Waals surface area contributed by atoms with Crippen LogP contribution in [0.25, 0.3) is 0 Å². The molecule has 6 heteroatoms. The topological polar surface area (TPSA) is 113 Å². The van der Waals surface area contributed by atoms with Gasteiger partial charge in [0, 0.05) is 0 Å². The lowest BCUT2D eigenvalue weighted by molar-refractivity contribution is -0.118. The molecule has 1 aromatic rings. The summed E-state index contributed by atoms with van der Waals surface area (Å²) in [5.74, 6) is -1.79. The number of rotatable bonds is 3. The van der Waals surface area contributed by atoms with E-state index in [0.717, 1.165) is 6.07 Å². The number of hydrogen-bond acceptors (Lipinski definition) is 4. The number of benzene rings is 1. The van der Waals surface area contributed by atoms with Crippen LogP contribution in [-0.2, 0) is 4.79 Å². The monoisotopic (exact) mass is 236 g/mol. The fourth-order valence-corrected chi connectivity index (χ4v) is 1.43. The maximum Gasteiger partial charge on any atom is 0.337 e. The normalized spacial score (nSPS) is 16.3. The van der Waals surface area contributed by atoms with Gasteiger partial charge in [-0.05, 0) is 31.0 Å². The van der Waals surface area contributed by atoms with Crippen LogP contribution >= 0.6 is 0 Å². The van der Waals surface area contributed by atoms with Gasteiger partial charge < -0.3 is 21.3 Å². The minimum Gasteiger partial charge on any atom is -0.508 e. The molecule has 0 aliphatic heterocycles. The third-order valence-electron chi connectivity index (χ3n) is 2.72. The van der Waals surface area contributed by atoms with E-state index in [1.807, 2.05) is 0 Å². The van der Waals surface area contributed by atoms with Gasteiger partial charge in [0.1, 0.15) is 5.75 Å². The van der Waals surface area contributed by atoms with E-state index in [4.69, 9.17) is 10.8 Å². The predicted molar refractivity (Wildman–Crippen MR) is 59.8 cm³/mol. The smallest absolute Gasteiger partial charge is 0.337 e. The Morgan fingerprint density at radius 3 is 2.53 bits per heavy atom. The van der Waals surface area contributed by atoms with E-state index < -0.39 is 17.4 Å². The standard InChI is InChI=1S/C11H12N2O4/c12-11(3-4-11)10(17)13-8-2-1-6(14)5-7(8)9(15)16/h1-2,5,14H,3-4,12H2,(H,13,17)(H,15,16). The Morgan fingerprint density at radius 2 is 2.00 bits per heavy atom. The number of aromatic carboxylic acids is 1. The highest BCUT2D eigenvalue weighted by molar-refractivity contribution is 6.05. The number of nitrogens with one attached hydrogen (secondary N) is 1. The third kappa shape index (κ3) is 2.21. The molecule has 0 aromatic heterocycles. The van der Waals surface area contributed by atoms with Crippen LogP contribution in [0.3, 0.4) is 0 Å². The van der Waals surface area contributed by atoms with Gasteiger partial charge in [0.2, 0.25) is 5.91 Å². The van der Waals surface area contributed by atoms with Crippen LogP contribution in [0.2, 0.25) is 0 Å². The SMILES string of the molecule is NC1(C(=O)Nc2ccc(O)cc2C(=O)O)CC1. The highest BCUT2D eigenvalue weighted by Gasteiger charge is 2.46. The average molecular weight is 236 g/mol. The van der Waals surface area contributed by atoms with Crippen molar-refractivity contribution in [1.29, 1.82) is 0 Å². The first kappa shape index (κ1) is 11.4. The van der Waals surface area contributed by atoms with E-state index in [1.54, 1.807) is 0 Å². The summed E-state index contributed by atoms with van der Waals surface area (Å²) >= 11 is 0. The molecule has 0 bridgehead atoms. The number of aromatic hydroxyl groups is 1. The molecule has 0 unspecified atom stereocenters. The Morgan fingerprint density at radius 1 is 1.35 bits per heavy atom. The van der Waals surface area contributed by atoms with E-state index in [-0.39, 0.29) is 17.0 Å². The number of carbonyl (C=O) groups is 2. The van der Waals surface area contributed by atoms with E-state index >= 15 is 0 Å². The second-order valence-electron chi connectivity index (χ2n) is 4.15. The van der Waals surface area contributed by atoms with Gasteiger partial charge in [-0.25, -0.2) is 4.79 Å². The zero-order valence-corrected chi connectivity index (χ0v) is 8.93. The maximum atomic E-state index is 11.7. The number of carboxylic acid groups (broad SMARTS) is 1. The van der Waals surface area contributed by atoms with Crippen LogP contribution in [0, 0.1) is 0 Å². The minimum absolute atomic E-state index is 0.136. The molecule has 0 spiro atoms. The third-order valence-corrected chi connectivity index (χ3v) is 2.72. The van der Waals surface area contributed by atoms with Gasteiger partial charge in [0.05, 0.1) is 16.8 Å². The van der Waals surface area contributed by atoms with Gasteiger partial charge in [-0.15, -0.1) is 0 Å². The van der Waals surface area contributed by atoms with Gasteiger partial charge in [-0.2, -0.15) is 0 Å². The lowest BCUT2D eigenvalue weighted by Crippen LogP contribution is -2.38. The summed E-state index contributed by atoms with van der Waals surface area (Å²) in [5.41, 5.74) is 4.79. The van der Waals surface area contributed by atoms with Crippen molar-refractivity contribution in [3.8, 4) is 5.75 Å². The second kappa shape index (κ2) is 3.74. The molecule has 2 rings (SSSR count). The zero-order valence-electron chi connectivity index (χ0n) is 8.93. The number of anilines is 1. The first-order chi connectivity index (χ1) is 7.92. The van der Waals surface area contributed by atoms with Crippen molar-refractivity contribution in [2.24, 2.45) is 5.73 Å². The van der Waals surface area contributed by atoms with Gasteiger partial charge in [0.25, 0.3) is 0 Å². The maximum absolute atomic E-state index is 11.7. The summed E-state index contributed by atoms with van der Waals surface area (Å²) in [7, 11) is 0. The van der Waals surface area contributed by atoms with Crippen molar-refractivity contribution in [3.63, 3.8) is 0 Å². The van der Waals surface area contributed by atoms with Gasteiger partial charge in [0.15, 0.2) is 0 Å². The van der Waals surface area contributed by atoms with Crippen molar-refractivity contribution in [1.82, 2.24) is 0 Å². The molecule has 1 fully saturated rings. The van der Waals surface area contributed by atoms with Crippen molar-refractivity contribution in [2.45, 2.75) is 18.4 Å². The predicted octanol–water partition coefficient (Wildman–Crippen LogP) is 0.520. The van der Waals surface area contributed by atoms with E-state index in [0.29, 0.717) is 12.8 Å². The molecule has 1 saturated carbocycles. The molecule has 0 atom stereocenters. The Balaban J connectivity index is 2.26. The number of hydrogen-bond donors (Lipinski definition) is 4. The summed E-state index contributed by atoms with van der Waals surface area (Å²) < 4.78 is 0. The molecule has 1 aliphatic carbocycles. The van der Waals surface area contributed by atoms with Gasteiger partial charge in [-0.1, -0.05) is 0 Å². The molecular formula is C11H12N2O4. The number of carboxylic acids is 1. The fourth-order valence-electron chi connectivity index (χ4n) is 1.43. The van der Waals surface area contributed by atoms with Crippen molar-refractivity contribution < 1.29 is 19.8 Å². The molecule has 1 aliphatic rings. The van der Waals surface area contributed by atoms with Crippen LogP contribution in [0.1, 0.15) is 23.2 Å². The Bertz CT molecular complexity index is 494. The van der Waals surface area contributed by atoms with Gasteiger partial charge >= 0.3 is 5.97 Å². The minimum atomic E-state index is -1.22. The summed E-state index contributed by atoms with van der Waals surface area (Å²) in [5, 5.41) is 20.6. The summed E-state index contributed by atoms with van der Waals surface area (Å²) in [6.45, 7) is 0. The van der Waals surface area contributed by atoms with E-state index in [1.165, 1.54) is 12.1 Å². The molecular weight excluding hydrogens is 224 g/mol. The molecule has 1 aromatic carbocycles. The highest BCUT2D eigenvalue weighted by Crippen LogP contribution is 2.34. The van der Waals surface area contributed by atoms with E-state index in [2.05, 4.69) is 5.32 Å². The van der Waals surface area contributed by atoms with Crippen LogP contribution in [-0.4, -0.2) is 27.6 Å². The van der Waals surface area contributed by atoms with Gasteiger partial charge in [-0.3, -0.25) is 4.79 Å². The molecule has 5 N–H and O–H groups in total. The molecule has 0 saturated heterocycles. The summed E-state index contributed by atoms with van der Waals surface area (Å²) in [6, 6.07) is 3.72. The number of phenols is 1. The van der Waals surface area contributed by atoms with Crippen LogP contribution in [0.15, 0.2) is 18.2 Å². The van der Waals surface area contributed by atoms with E-state index in [9.17, 15) is 14.7 Å². The molecule has 1 amide bonds. The number of nitrogens with two attached hydrogens (primary N) is 1. The summed E-state index contributed by atoms with van der Waals surface area (Å²) in [4.78, 5) is 22.6. The Hall–Kier alpha value is -2.08. The van der Waals surface area contributed by atoms with Crippen LogP contribution in [0.4, 0.5) is 5.69 Å². The largest absolute Gasteiger partial charge is 0.508 e. The van der Waals surface area contributed by atoms with Crippen molar-refractivity contribution >= 4 is 17.6 Å². The second-order valence-corrected chi connectivity index (χ2v) is 4.15. The first-order valence-corrected chi connectivity index (χ1v) is 5.09. The lowest BCUT2D eigenvalue weighted by Gasteiger charge is -2.12. The molecule has 17 heavy (non-hydrogen) atoms. The lowest BCUT2D eigenvalue weighted by atomic mass is 10.1. The molecule has 0 radical (unpaired) electrons. The molecule has 90 valence electrons. The quantitative estimate of drug-likeness (QED) is 0.571. The fraction of sp³-hybridized carbons (Fsp3) is 0.273. The Kier molecular flexibility index (Phi) is 2.51. The molecule has 6 nitrogen and oxygen atoms in total. The summed E-state index contributed by atoms with van der Waals surface area (Å²) in [6.07, 6.45) is 1.19. The molecule has 0 heterocycles.